The van der Waals surface area contributed by atoms with Crippen LogP contribution in [-0.2, 0) is 29.1 Å². The average Bonchev–Trinajstić information content (AvgIpc) is 1.39. The molecule has 50 valence electrons. The third-order valence-electron chi connectivity index (χ3n) is 0. The number of carbonyl (C=O) groups excluding carboxylic acids is 2. The van der Waals surface area contributed by atoms with Crippen molar-refractivity contribution in [2.45, 2.75) is 0 Å². The van der Waals surface area contributed by atoms with Gasteiger partial charge in [-0.15, -0.1) is 0 Å². The molecular formula is C2H8N4O2Zn. The van der Waals surface area contributed by atoms with Gasteiger partial charge in [0, 0.05) is 19.5 Å². The summed E-state index contributed by atoms with van der Waals surface area (Å²) in [6, 6.07) is 0. The Morgan fingerprint density at radius 3 is 0.889 bits per heavy atom. The summed E-state index contributed by atoms with van der Waals surface area (Å²) in [4.78, 5) is 16.7. The molecule has 6 nitrogen and oxygen atoms in total. The van der Waals surface area contributed by atoms with E-state index in [1.807, 2.05) is 0 Å². The second kappa shape index (κ2) is 171. The van der Waals surface area contributed by atoms with Crippen molar-refractivity contribution >= 4 is 12.2 Å². The minimum atomic E-state index is 0. The van der Waals surface area contributed by atoms with Gasteiger partial charge in [0.2, 0.25) is 12.2 Å². The summed E-state index contributed by atoms with van der Waals surface area (Å²) in [6.07, 6.45) is 1.50. The molecule has 0 aromatic carbocycles. The topological polar surface area (TPSA) is 152 Å². The quantitative estimate of drug-likeness (QED) is 0.241. The minimum Gasteiger partial charge on any atom is -0.344 e. The van der Waals surface area contributed by atoms with Crippen molar-refractivity contribution in [2.75, 3.05) is 0 Å². The Morgan fingerprint density at radius 2 is 0.889 bits per heavy atom. The van der Waals surface area contributed by atoms with E-state index in [1.165, 1.54) is 0 Å². The maximum atomic E-state index is 8.35. The van der Waals surface area contributed by atoms with Gasteiger partial charge >= 0.3 is 0 Å². The molecule has 0 aromatic heterocycles. The predicted molar refractivity (Wildman–Crippen MR) is 26.9 cm³/mol. The first-order valence-electron chi connectivity index (χ1n) is 0.908. The maximum absolute atomic E-state index is 8.35. The second-order valence-corrected chi connectivity index (χ2v) is 0.204. The third-order valence-corrected chi connectivity index (χ3v) is 0. The Labute approximate surface area is 65.0 Å². The van der Waals surface area contributed by atoms with Crippen LogP contribution in [0.2, 0.25) is 0 Å². The molecule has 8 N–H and O–H groups in total. The summed E-state index contributed by atoms with van der Waals surface area (Å²) in [7, 11) is 0. The van der Waals surface area contributed by atoms with Crippen molar-refractivity contribution in [3.8, 4) is 0 Å². The van der Waals surface area contributed by atoms with E-state index >= 15 is 0 Å². The van der Waals surface area contributed by atoms with E-state index in [0.29, 0.717) is 0 Å². The first kappa shape index (κ1) is 40.6. The Kier molecular flexibility index (Phi) is 770. The Bertz CT molecular complexity index is 70.6. The molecule has 7 heteroatoms. The van der Waals surface area contributed by atoms with Gasteiger partial charge in [-0.2, -0.15) is 0 Å². The molecule has 0 bridgehead atoms. The van der Waals surface area contributed by atoms with E-state index in [4.69, 9.17) is 20.4 Å². The first-order chi connectivity index (χ1) is 2.83. The van der Waals surface area contributed by atoms with E-state index in [9.17, 15) is 0 Å². The molecule has 0 saturated carbocycles. The standard InChI is InChI=1S/2CHNO.2H3N.Zn/c2*2-1-3;;;/h2*2H;2*1H3;. The Balaban J connectivity index is -0.00000000889. The van der Waals surface area contributed by atoms with Gasteiger partial charge in [-0.25, -0.2) is 20.4 Å². The molecule has 0 unspecified atom stereocenters. The van der Waals surface area contributed by atoms with Crippen molar-refractivity contribution in [3.05, 3.63) is 0 Å². The van der Waals surface area contributed by atoms with Crippen molar-refractivity contribution in [3.63, 3.8) is 0 Å². The molecule has 0 aliphatic rings. The molecule has 0 aliphatic carbocycles. The molecule has 0 heterocycles. The summed E-state index contributed by atoms with van der Waals surface area (Å²) >= 11 is 0. The normalized spacial score (nSPS) is 1.78. The predicted octanol–water partition coefficient (Wildman–Crippen LogP) is 0.123. The van der Waals surface area contributed by atoms with Crippen molar-refractivity contribution in [1.82, 2.24) is 12.3 Å². The van der Waals surface area contributed by atoms with E-state index in [-0.39, 0.29) is 31.8 Å². The maximum Gasteiger partial charge on any atom is 0.231 e. The summed E-state index contributed by atoms with van der Waals surface area (Å²) in [5, 5.41) is 10.8. The van der Waals surface area contributed by atoms with Crippen molar-refractivity contribution < 1.29 is 29.1 Å². The molecule has 0 radical (unpaired) electrons. The largest absolute Gasteiger partial charge is 0.344 e. The monoisotopic (exact) mass is 184 g/mol. The zero-order chi connectivity index (χ0) is 5.41. The van der Waals surface area contributed by atoms with Crippen LogP contribution in [0.5, 0.6) is 0 Å². The van der Waals surface area contributed by atoms with Crippen LogP contribution in [0.25, 0.3) is 0 Å². The van der Waals surface area contributed by atoms with Gasteiger partial charge in [0.25, 0.3) is 0 Å². The van der Waals surface area contributed by atoms with Gasteiger partial charge in [0.05, 0.1) is 0 Å². The van der Waals surface area contributed by atoms with Crippen molar-refractivity contribution in [1.29, 1.82) is 10.8 Å². The van der Waals surface area contributed by atoms with Crippen LogP contribution in [0.4, 0.5) is 0 Å². The summed E-state index contributed by atoms with van der Waals surface area (Å²) < 4.78 is 0. The van der Waals surface area contributed by atoms with Gasteiger partial charge < -0.3 is 12.3 Å². The van der Waals surface area contributed by atoms with Gasteiger partial charge in [-0.05, 0) is 0 Å². The Morgan fingerprint density at radius 1 is 0.889 bits per heavy atom. The van der Waals surface area contributed by atoms with Gasteiger partial charge in [-0.1, -0.05) is 0 Å². The van der Waals surface area contributed by atoms with E-state index in [2.05, 4.69) is 0 Å². The molecule has 0 rings (SSSR count). The zero-order valence-electron chi connectivity index (χ0n) is 4.94. The van der Waals surface area contributed by atoms with Crippen LogP contribution < -0.4 is 12.3 Å². The van der Waals surface area contributed by atoms with Crippen LogP contribution in [0, 0.1) is 10.8 Å². The fourth-order valence-corrected chi connectivity index (χ4v) is 0. The van der Waals surface area contributed by atoms with Gasteiger partial charge in [0.1, 0.15) is 0 Å². The van der Waals surface area contributed by atoms with Crippen LogP contribution in [0.15, 0.2) is 0 Å². The van der Waals surface area contributed by atoms with E-state index in [0.717, 1.165) is 12.2 Å². The number of rotatable bonds is 0. The Hall–Kier alpha value is -0.697. The first-order valence-corrected chi connectivity index (χ1v) is 0.908. The number of hydrogen-bond donors (Lipinski definition) is 4. The molecule has 9 heavy (non-hydrogen) atoms. The van der Waals surface area contributed by atoms with Gasteiger partial charge in [-0.3, -0.25) is 0 Å². The van der Waals surface area contributed by atoms with E-state index < -0.39 is 0 Å². The second-order valence-electron chi connectivity index (χ2n) is 0.204. The summed E-state index contributed by atoms with van der Waals surface area (Å²) in [6.45, 7) is 0. The van der Waals surface area contributed by atoms with Crippen LogP contribution in [-0.4, -0.2) is 12.2 Å². The SMILES string of the molecule is N.N.N=C=O.N=C=O.[Zn]. The number of isocyanates is 2. The minimum absolute atomic E-state index is 0. The summed E-state index contributed by atoms with van der Waals surface area (Å²) in [5.41, 5.74) is 0. The average molecular weight is 186 g/mol. The zero-order valence-corrected chi connectivity index (χ0v) is 7.90. The number of nitrogens with one attached hydrogen (secondary N) is 2. The van der Waals surface area contributed by atoms with E-state index in [1.54, 1.807) is 0 Å². The molecule has 0 spiro atoms. The molecule has 0 fully saturated rings. The third kappa shape index (κ3) is 423. The molecule has 0 atom stereocenters. The number of hydrogen-bond acceptors (Lipinski definition) is 6. The molecular weight excluding hydrogens is 177 g/mol. The molecule has 0 saturated heterocycles. The fraction of sp³-hybridized carbons (Fsp3) is 0. The summed E-state index contributed by atoms with van der Waals surface area (Å²) in [5.74, 6) is 0. The molecule has 0 aliphatic heterocycles. The molecule has 0 aromatic rings. The van der Waals surface area contributed by atoms with Crippen LogP contribution in [0.1, 0.15) is 0 Å². The van der Waals surface area contributed by atoms with Crippen LogP contribution >= 0.6 is 0 Å². The fourth-order valence-electron chi connectivity index (χ4n) is 0. The smallest absolute Gasteiger partial charge is 0.231 e. The van der Waals surface area contributed by atoms with Gasteiger partial charge in [0.15, 0.2) is 0 Å². The molecule has 0 amide bonds. The van der Waals surface area contributed by atoms with Crippen molar-refractivity contribution in [2.24, 2.45) is 0 Å². The van der Waals surface area contributed by atoms with Crippen LogP contribution in [0.3, 0.4) is 0 Å².